The van der Waals surface area contributed by atoms with E-state index in [1.807, 2.05) is 0 Å². The summed E-state index contributed by atoms with van der Waals surface area (Å²) in [6, 6.07) is 0.266. The number of oxazole rings is 1. The molecule has 1 saturated carbocycles. The van der Waals surface area contributed by atoms with Crippen LogP contribution in [0.15, 0.2) is 4.42 Å². The average Bonchev–Trinajstić information content (AvgIpc) is 2.69. The molecule has 1 atom stereocenters. The smallest absolute Gasteiger partial charge is 0.289 e. The number of aryl methyl sites for hydroxylation is 2. The Kier molecular flexibility index (Phi) is 2.98. The van der Waals surface area contributed by atoms with Crippen LogP contribution in [-0.2, 0) is 0 Å². The van der Waals surface area contributed by atoms with Gasteiger partial charge in [-0.25, -0.2) is 4.98 Å². The van der Waals surface area contributed by atoms with E-state index in [4.69, 9.17) is 4.42 Å². The van der Waals surface area contributed by atoms with Gasteiger partial charge in [0.05, 0.1) is 5.69 Å². The van der Waals surface area contributed by atoms with Gasteiger partial charge in [0.1, 0.15) is 0 Å². The second-order valence-electron chi connectivity index (χ2n) is 5.72. The molecule has 0 spiro atoms. The molecule has 1 amide bonds. The maximum atomic E-state index is 12.0. The molecule has 1 aromatic rings. The first-order valence-electron chi connectivity index (χ1n) is 6.12. The van der Waals surface area contributed by atoms with Crippen molar-refractivity contribution in [3.8, 4) is 0 Å². The van der Waals surface area contributed by atoms with Crippen molar-refractivity contribution in [3.63, 3.8) is 0 Å². The molecule has 1 heterocycles. The van der Waals surface area contributed by atoms with Gasteiger partial charge in [-0.05, 0) is 31.6 Å². The molecule has 4 heteroatoms. The van der Waals surface area contributed by atoms with E-state index in [1.54, 1.807) is 13.8 Å². The molecule has 2 rings (SSSR count). The lowest BCUT2D eigenvalue weighted by molar-refractivity contribution is 0.0905. The van der Waals surface area contributed by atoms with Crippen LogP contribution in [0.2, 0.25) is 0 Å². The fourth-order valence-electron chi connectivity index (χ4n) is 2.55. The number of carbonyl (C=O) groups is 1. The third-order valence-corrected chi connectivity index (χ3v) is 3.41. The molecule has 0 aliphatic heterocycles. The molecule has 0 bridgehead atoms. The highest BCUT2D eigenvalue weighted by molar-refractivity contribution is 5.92. The van der Waals surface area contributed by atoms with E-state index >= 15 is 0 Å². The summed E-state index contributed by atoms with van der Waals surface area (Å²) in [5.74, 6) is 0.761. The summed E-state index contributed by atoms with van der Waals surface area (Å²) in [7, 11) is 0. The Labute approximate surface area is 102 Å². The third-order valence-electron chi connectivity index (χ3n) is 3.41. The van der Waals surface area contributed by atoms with Crippen molar-refractivity contribution in [3.05, 3.63) is 17.3 Å². The Hall–Kier alpha value is -1.32. The molecule has 1 aliphatic carbocycles. The molecule has 1 N–H and O–H groups in total. The summed E-state index contributed by atoms with van der Waals surface area (Å²) in [6.45, 7) is 8.03. The fourth-order valence-corrected chi connectivity index (χ4v) is 2.55. The van der Waals surface area contributed by atoms with Crippen LogP contribution in [0.4, 0.5) is 0 Å². The maximum Gasteiger partial charge on any atom is 0.289 e. The van der Waals surface area contributed by atoms with Crippen molar-refractivity contribution in [1.29, 1.82) is 0 Å². The van der Waals surface area contributed by atoms with Gasteiger partial charge in [0, 0.05) is 13.0 Å². The van der Waals surface area contributed by atoms with Crippen LogP contribution in [0.1, 0.15) is 55.2 Å². The monoisotopic (exact) mass is 236 g/mol. The maximum absolute atomic E-state index is 12.0. The third kappa shape index (κ3) is 2.68. The van der Waals surface area contributed by atoms with E-state index in [2.05, 4.69) is 24.1 Å². The summed E-state index contributed by atoms with van der Waals surface area (Å²) in [5.41, 5.74) is 1.00. The zero-order valence-corrected chi connectivity index (χ0v) is 11.0. The SMILES string of the molecule is Cc1nc(C)c(C(=O)NC2CCC(C)(C)C2)o1. The molecule has 0 radical (unpaired) electrons. The summed E-state index contributed by atoms with van der Waals surface area (Å²) in [6.07, 6.45) is 3.24. The number of carbonyl (C=O) groups excluding carboxylic acids is 1. The summed E-state index contributed by atoms with van der Waals surface area (Å²) in [5, 5.41) is 3.03. The molecule has 17 heavy (non-hydrogen) atoms. The van der Waals surface area contributed by atoms with Crippen molar-refractivity contribution in [2.24, 2.45) is 5.41 Å². The van der Waals surface area contributed by atoms with E-state index in [9.17, 15) is 4.79 Å². The van der Waals surface area contributed by atoms with Gasteiger partial charge < -0.3 is 9.73 Å². The molecule has 4 nitrogen and oxygen atoms in total. The molecular weight excluding hydrogens is 216 g/mol. The molecule has 94 valence electrons. The summed E-state index contributed by atoms with van der Waals surface area (Å²) < 4.78 is 5.32. The van der Waals surface area contributed by atoms with Gasteiger partial charge in [-0.15, -0.1) is 0 Å². The second kappa shape index (κ2) is 4.17. The quantitative estimate of drug-likeness (QED) is 0.858. The van der Waals surface area contributed by atoms with Crippen molar-refractivity contribution in [2.75, 3.05) is 0 Å². The van der Waals surface area contributed by atoms with Crippen molar-refractivity contribution >= 4 is 5.91 Å². The van der Waals surface area contributed by atoms with Crippen LogP contribution in [-0.4, -0.2) is 16.9 Å². The molecule has 0 aromatic carbocycles. The highest BCUT2D eigenvalue weighted by Crippen LogP contribution is 2.37. The van der Waals surface area contributed by atoms with Gasteiger partial charge in [-0.3, -0.25) is 4.79 Å². The van der Waals surface area contributed by atoms with Crippen LogP contribution in [0, 0.1) is 19.3 Å². The lowest BCUT2D eigenvalue weighted by atomic mass is 9.92. The first-order chi connectivity index (χ1) is 7.87. The number of nitrogens with one attached hydrogen (secondary N) is 1. The van der Waals surface area contributed by atoms with Gasteiger partial charge in [0.25, 0.3) is 5.91 Å². The molecule has 1 aliphatic rings. The van der Waals surface area contributed by atoms with Gasteiger partial charge in [0.15, 0.2) is 5.89 Å². The highest BCUT2D eigenvalue weighted by atomic mass is 16.4. The van der Waals surface area contributed by atoms with Gasteiger partial charge in [0.2, 0.25) is 5.76 Å². The standard InChI is InChI=1S/C13H20N2O2/c1-8-11(17-9(2)14-8)12(16)15-10-5-6-13(3,4)7-10/h10H,5-7H2,1-4H3,(H,15,16). The lowest BCUT2D eigenvalue weighted by Crippen LogP contribution is -2.33. The predicted octanol–water partition coefficient (Wildman–Crippen LogP) is 2.60. The molecular formula is C13H20N2O2. The number of aromatic nitrogens is 1. The number of rotatable bonds is 2. The fraction of sp³-hybridized carbons (Fsp3) is 0.692. The Bertz CT molecular complexity index is 435. The number of hydrogen-bond acceptors (Lipinski definition) is 3. The molecule has 0 saturated heterocycles. The summed E-state index contributed by atoms with van der Waals surface area (Å²) >= 11 is 0. The van der Waals surface area contributed by atoms with Gasteiger partial charge in [-0.2, -0.15) is 0 Å². The van der Waals surface area contributed by atoms with E-state index in [-0.39, 0.29) is 11.9 Å². The molecule has 1 fully saturated rings. The Morgan fingerprint density at radius 2 is 2.18 bits per heavy atom. The van der Waals surface area contributed by atoms with Crippen LogP contribution < -0.4 is 5.32 Å². The first kappa shape index (κ1) is 12.1. The van der Waals surface area contributed by atoms with E-state index in [1.165, 1.54) is 0 Å². The normalized spacial score (nSPS) is 22.7. The van der Waals surface area contributed by atoms with Crippen molar-refractivity contribution in [2.45, 2.75) is 53.0 Å². The van der Waals surface area contributed by atoms with Crippen LogP contribution >= 0.6 is 0 Å². The van der Waals surface area contributed by atoms with E-state index in [0.717, 1.165) is 19.3 Å². The number of hydrogen-bond donors (Lipinski definition) is 1. The number of nitrogens with zero attached hydrogens (tertiary/aromatic N) is 1. The molecule has 1 aromatic heterocycles. The summed E-state index contributed by atoms with van der Waals surface area (Å²) in [4.78, 5) is 16.1. The second-order valence-corrected chi connectivity index (χ2v) is 5.72. The van der Waals surface area contributed by atoms with Crippen molar-refractivity contribution < 1.29 is 9.21 Å². The molecule has 1 unspecified atom stereocenters. The Morgan fingerprint density at radius 1 is 1.47 bits per heavy atom. The topological polar surface area (TPSA) is 55.1 Å². The van der Waals surface area contributed by atoms with Crippen LogP contribution in [0.3, 0.4) is 0 Å². The minimum absolute atomic E-state index is 0.134. The number of amides is 1. The van der Waals surface area contributed by atoms with Crippen LogP contribution in [0.25, 0.3) is 0 Å². The zero-order valence-electron chi connectivity index (χ0n) is 11.0. The highest BCUT2D eigenvalue weighted by Gasteiger charge is 2.32. The van der Waals surface area contributed by atoms with Crippen molar-refractivity contribution in [1.82, 2.24) is 10.3 Å². The van der Waals surface area contributed by atoms with Crippen LogP contribution in [0.5, 0.6) is 0 Å². The van der Waals surface area contributed by atoms with E-state index < -0.39 is 0 Å². The Balaban J connectivity index is 2.01. The zero-order chi connectivity index (χ0) is 12.6. The largest absolute Gasteiger partial charge is 0.436 e. The average molecular weight is 236 g/mol. The van der Waals surface area contributed by atoms with Gasteiger partial charge in [-0.1, -0.05) is 13.8 Å². The minimum atomic E-state index is -0.134. The van der Waals surface area contributed by atoms with E-state index in [0.29, 0.717) is 22.8 Å². The lowest BCUT2D eigenvalue weighted by Gasteiger charge is -2.17. The van der Waals surface area contributed by atoms with Gasteiger partial charge >= 0.3 is 0 Å². The Morgan fingerprint density at radius 3 is 2.65 bits per heavy atom. The predicted molar refractivity (Wildman–Crippen MR) is 64.9 cm³/mol. The minimum Gasteiger partial charge on any atom is -0.436 e. The first-order valence-corrected chi connectivity index (χ1v) is 6.12.